The van der Waals surface area contributed by atoms with E-state index >= 15 is 4.39 Å². The van der Waals surface area contributed by atoms with Crippen LogP contribution in [0.1, 0.15) is 32.7 Å². The van der Waals surface area contributed by atoms with Gasteiger partial charge in [0, 0.05) is 18.2 Å². The van der Waals surface area contributed by atoms with Gasteiger partial charge in [-0.1, -0.05) is 11.6 Å². The van der Waals surface area contributed by atoms with E-state index in [2.05, 4.69) is 20.3 Å². The predicted molar refractivity (Wildman–Crippen MR) is 130 cm³/mol. The fraction of sp³-hybridized carbons (Fsp3) is 0.542. The number of nitrogens with one attached hydrogen (secondary N) is 1. The number of rotatable bonds is 5. The SMILES string of the molecule is CC(C)n1c(N2CC[C@H](F)C2)nc2c(F)cc(-c3nc(N[C@@H]4C[C@H]5CO[C@H](O5)[C@H]4O)ncc3Cl)cc21. The van der Waals surface area contributed by atoms with E-state index in [0.29, 0.717) is 48.7 Å². The van der Waals surface area contributed by atoms with Gasteiger partial charge in [-0.3, -0.25) is 0 Å². The van der Waals surface area contributed by atoms with Gasteiger partial charge in [0.1, 0.15) is 17.8 Å². The van der Waals surface area contributed by atoms with E-state index in [1.165, 1.54) is 12.3 Å². The number of halogens is 3. The van der Waals surface area contributed by atoms with Crippen molar-refractivity contribution < 1.29 is 23.4 Å². The number of ether oxygens (including phenoxy) is 2. The fourth-order valence-electron chi connectivity index (χ4n) is 5.24. The van der Waals surface area contributed by atoms with Crippen LogP contribution in [0.3, 0.4) is 0 Å². The molecule has 12 heteroatoms. The van der Waals surface area contributed by atoms with Crippen molar-refractivity contribution in [3.8, 4) is 11.3 Å². The van der Waals surface area contributed by atoms with Gasteiger partial charge in [-0.15, -0.1) is 0 Å². The Labute approximate surface area is 211 Å². The topological polar surface area (TPSA) is 97.6 Å². The van der Waals surface area contributed by atoms with Gasteiger partial charge in [-0.25, -0.2) is 23.7 Å². The lowest BCUT2D eigenvalue weighted by molar-refractivity contribution is -0.156. The fourth-order valence-corrected chi connectivity index (χ4v) is 5.44. The molecule has 0 radical (unpaired) electrons. The number of alkyl halides is 1. The molecule has 192 valence electrons. The van der Waals surface area contributed by atoms with Crippen LogP contribution in [0, 0.1) is 5.82 Å². The summed E-state index contributed by atoms with van der Waals surface area (Å²) in [5.74, 6) is 0.291. The van der Waals surface area contributed by atoms with Gasteiger partial charge in [0.05, 0.1) is 47.7 Å². The molecular formula is C24H27ClF2N6O3. The molecule has 0 spiro atoms. The maximum atomic E-state index is 15.4. The van der Waals surface area contributed by atoms with Crippen molar-refractivity contribution in [1.29, 1.82) is 0 Å². The molecule has 0 aliphatic carbocycles. The largest absolute Gasteiger partial charge is 0.386 e. The number of aliphatic hydroxyl groups excluding tert-OH is 1. The van der Waals surface area contributed by atoms with Gasteiger partial charge in [0.15, 0.2) is 12.1 Å². The maximum absolute atomic E-state index is 15.4. The van der Waals surface area contributed by atoms with Gasteiger partial charge < -0.3 is 29.4 Å². The van der Waals surface area contributed by atoms with Crippen molar-refractivity contribution >= 4 is 34.5 Å². The van der Waals surface area contributed by atoms with E-state index < -0.39 is 24.4 Å². The highest BCUT2D eigenvalue weighted by Gasteiger charge is 2.43. The summed E-state index contributed by atoms with van der Waals surface area (Å²) < 4.78 is 42.2. The number of imidazole rings is 1. The first kappa shape index (κ1) is 23.8. The molecule has 6 rings (SSSR count). The molecule has 3 saturated heterocycles. The van der Waals surface area contributed by atoms with E-state index in [9.17, 15) is 9.50 Å². The van der Waals surface area contributed by atoms with E-state index in [1.807, 2.05) is 23.3 Å². The highest BCUT2D eigenvalue weighted by molar-refractivity contribution is 6.33. The van der Waals surface area contributed by atoms with Crippen molar-refractivity contribution in [1.82, 2.24) is 19.5 Å². The normalized spacial score (nSPS) is 28.0. The zero-order valence-corrected chi connectivity index (χ0v) is 20.6. The molecule has 9 nitrogen and oxygen atoms in total. The number of nitrogens with zero attached hydrogens (tertiary/aromatic N) is 5. The van der Waals surface area contributed by atoms with Crippen molar-refractivity contribution in [2.45, 2.75) is 63.4 Å². The molecule has 3 aliphatic rings. The lowest BCUT2D eigenvalue weighted by Gasteiger charge is -2.32. The maximum Gasteiger partial charge on any atom is 0.223 e. The number of aliphatic hydroxyl groups is 1. The molecule has 3 aromatic rings. The summed E-state index contributed by atoms with van der Waals surface area (Å²) in [4.78, 5) is 15.2. The molecule has 3 aliphatic heterocycles. The van der Waals surface area contributed by atoms with Crippen LogP contribution in [-0.4, -0.2) is 75.0 Å². The van der Waals surface area contributed by atoms with Gasteiger partial charge >= 0.3 is 0 Å². The summed E-state index contributed by atoms with van der Waals surface area (Å²) in [5.41, 5.74) is 1.60. The van der Waals surface area contributed by atoms with Gasteiger partial charge in [-0.2, -0.15) is 0 Å². The Morgan fingerprint density at radius 2 is 2.11 bits per heavy atom. The third-order valence-corrected chi connectivity index (χ3v) is 7.25. The number of aromatic nitrogens is 4. The Bertz CT molecular complexity index is 1310. The zero-order chi connectivity index (χ0) is 25.1. The molecule has 5 atom stereocenters. The highest BCUT2D eigenvalue weighted by atomic mass is 35.5. The van der Waals surface area contributed by atoms with Crippen molar-refractivity contribution in [3.05, 3.63) is 29.2 Å². The minimum atomic E-state index is -0.924. The summed E-state index contributed by atoms with van der Waals surface area (Å²) in [6.45, 7) is 5.16. The van der Waals surface area contributed by atoms with Crippen LogP contribution in [0.15, 0.2) is 18.3 Å². The van der Waals surface area contributed by atoms with Crippen molar-refractivity contribution in [2.75, 3.05) is 29.9 Å². The van der Waals surface area contributed by atoms with Gasteiger partial charge in [-0.05, 0) is 38.8 Å². The Hall–Kier alpha value is -2.60. The number of benzene rings is 1. The number of hydrogen-bond donors (Lipinski definition) is 2. The Morgan fingerprint density at radius 3 is 2.86 bits per heavy atom. The molecule has 3 fully saturated rings. The molecule has 2 N–H and O–H groups in total. The number of anilines is 2. The quantitative estimate of drug-likeness (QED) is 0.525. The average molecular weight is 521 g/mol. The summed E-state index contributed by atoms with van der Waals surface area (Å²) in [7, 11) is 0. The standard InChI is InChI=1S/C24H27ClF2N6O3/c1-11(2)33-18-6-12(5-16(27)20(18)31-24(33)32-4-3-13(26)9-32)19-15(25)8-28-23(30-19)29-17-7-14-10-35-22(36-14)21(17)34/h5-6,8,11,13-14,17,21-22,34H,3-4,7,9-10H2,1-2H3,(H,28,29,30)/t13-,14-,17+,21-,22+/m0/s1. The van der Waals surface area contributed by atoms with Crippen LogP contribution < -0.4 is 10.2 Å². The first-order valence-corrected chi connectivity index (χ1v) is 12.5. The second-order valence-corrected chi connectivity index (χ2v) is 10.3. The second-order valence-electron chi connectivity index (χ2n) is 9.86. The molecule has 0 unspecified atom stereocenters. The summed E-state index contributed by atoms with van der Waals surface area (Å²) in [6, 6.07) is 2.74. The molecule has 0 amide bonds. The lowest BCUT2D eigenvalue weighted by Crippen LogP contribution is -2.48. The second kappa shape index (κ2) is 9.05. The predicted octanol–water partition coefficient (Wildman–Crippen LogP) is 3.70. The summed E-state index contributed by atoms with van der Waals surface area (Å²) >= 11 is 6.45. The van der Waals surface area contributed by atoms with E-state index in [0.717, 1.165) is 0 Å². The molecule has 36 heavy (non-hydrogen) atoms. The monoisotopic (exact) mass is 520 g/mol. The first-order chi connectivity index (χ1) is 17.3. The van der Waals surface area contributed by atoms with Crippen LogP contribution in [0.4, 0.5) is 20.7 Å². The van der Waals surface area contributed by atoms with Crippen LogP contribution >= 0.6 is 11.6 Å². The van der Waals surface area contributed by atoms with E-state index in [1.54, 1.807) is 6.07 Å². The highest BCUT2D eigenvalue weighted by Crippen LogP contribution is 2.36. The van der Waals surface area contributed by atoms with Crippen LogP contribution in [0.2, 0.25) is 5.02 Å². The van der Waals surface area contributed by atoms with Crippen molar-refractivity contribution in [2.24, 2.45) is 0 Å². The smallest absolute Gasteiger partial charge is 0.223 e. The van der Waals surface area contributed by atoms with Crippen LogP contribution in [0.5, 0.6) is 0 Å². The van der Waals surface area contributed by atoms with E-state index in [4.69, 9.17) is 21.1 Å². The molecule has 1 aromatic carbocycles. The summed E-state index contributed by atoms with van der Waals surface area (Å²) in [5, 5.41) is 13.9. The minimum Gasteiger partial charge on any atom is -0.386 e. The van der Waals surface area contributed by atoms with Crippen LogP contribution in [0.25, 0.3) is 22.3 Å². The first-order valence-electron chi connectivity index (χ1n) is 12.1. The molecule has 2 aromatic heterocycles. The van der Waals surface area contributed by atoms with Gasteiger partial charge in [0.2, 0.25) is 11.9 Å². The molecule has 0 saturated carbocycles. The Morgan fingerprint density at radius 1 is 1.28 bits per heavy atom. The van der Waals surface area contributed by atoms with Gasteiger partial charge in [0.25, 0.3) is 0 Å². The average Bonchev–Trinajstić information content (AvgIpc) is 3.55. The lowest BCUT2D eigenvalue weighted by atomic mass is 10.0. The molecule has 2 bridgehead atoms. The summed E-state index contributed by atoms with van der Waals surface area (Å²) in [6.07, 6.45) is -0.183. The van der Waals surface area contributed by atoms with Crippen LogP contribution in [-0.2, 0) is 9.47 Å². The zero-order valence-electron chi connectivity index (χ0n) is 19.9. The van der Waals surface area contributed by atoms with E-state index in [-0.39, 0.29) is 41.2 Å². The molecule has 5 heterocycles. The Kier molecular flexibility index (Phi) is 5.98. The van der Waals surface area contributed by atoms with Crippen molar-refractivity contribution in [3.63, 3.8) is 0 Å². The Balaban J connectivity index is 1.37. The number of fused-ring (bicyclic) bond motifs is 3. The number of hydrogen-bond acceptors (Lipinski definition) is 8. The minimum absolute atomic E-state index is 0.0380. The molecular weight excluding hydrogens is 494 g/mol. The third-order valence-electron chi connectivity index (χ3n) is 6.97. The third kappa shape index (κ3) is 4.07.